The van der Waals surface area contributed by atoms with E-state index >= 15 is 0 Å². The van der Waals surface area contributed by atoms with Crippen molar-refractivity contribution in [1.29, 1.82) is 0 Å². The molecule has 0 spiro atoms. The second-order valence-electron chi connectivity index (χ2n) is 2.63. The summed E-state index contributed by atoms with van der Waals surface area (Å²) in [7, 11) is 0. The predicted octanol–water partition coefficient (Wildman–Crippen LogP) is 1.51. The molecule has 1 fully saturated rings. The summed E-state index contributed by atoms with van der Waals surface area (Å²) in [5.74, 6) is 0. The summed E-state index contributed by atoms with van der Waals surface area (Å²) in [6.07, 6.45) is 0.331. The van der Waals surface area contributed by atoms with Crippen LogP contribution in [-0.2, 0) is 4.74 Å². The van der Waals surface area contributed by atoms with Crippen LogP contribution < -0.4 is 0 Å². The van der Waals surface area contributed by atoms with Gasteiger partial charge in [-0.1, -0.05) is 13.8 Å². The third-order valence-electron chi connectivity index (χ3n) is 1.40. The Labute approximate surface area is 68.9 Å². The molecule has 0 bridgehead atoms. The Morgan fingerprint density at radius 2 is 1.55 bits per heavy atom. The van der Waals surface area contributed by atoms with Gasteiger partial charge in [0.05, 0.1) is 12.2 Å². The van der Waals surface area contributed by atoms with Gasteiger partial charge in [-0.05, 0) is 13.8 Å². The molecule has 2 unspecified atom stereocenters. The first-order valence-electron chi connectivity index (χ1n) is 4.28. The fraction of sp³-hybridized carbons (Fsp3) is 1.00. The second-order valence-corrected chi connectivity index (χ2v) is 2.63. The Kier molecular flexibility index (Phi) is 5.46. The van der Waals surface area contributed by atoms with Gasteiger partial charge >= 0.3 is 0 Å². The van der Waals surface area contributed by atoms with Crippen molar-refractivity contribution < 1.29 is 9.94 Å². The number of morpholine rings is 1. The Bertz CT molecular complexity index is 73.1. The number of hydroxylamine groups is 2. The van der Waals surface area contributed by atoms with Crippen LogP contribution >= 0.6 is 0 Å². The van der Waals surface area contributed by atoms with Crippen LogP contribution in [0.3, 0.4) is 0 Å². The Hall–Kier alpha value is -0.120. The molecule has 1 saturated heterocycles. The summed E-state index contributed by atoms with van der Waals surface area (Å²) in [4.78, 5) is 0. The topological polar surface area (TPSA) is 32.7 Å². The molecule has 1 N–H and O–H groups in total. The molecule has 1 aliphatic rings. The number of hydrogen-bond acceptors (Lipinski definition) is 3. The van der Waals surface area contributed by atoms with Gasteiger partial charge in [-0.25, -0.2) is 0 Å². The van der Waals surface area contributed by atoms with Crippen molar-refractivity contribution in [3.63, 3.8) is 0 Å². The fourth-order valence-electron chi connectivity index (χ4n) is 1.15. The number of nitrogens with zero attached hydrogens (tertiary/aromatic N) is 1. The molecule has 0 aromatic heterocycles. The van der Waals surface area contributed by atoms with E-state index in [0.717, 1.165) is 0 Å². The van der Waals surface area contributed by atoms with E-state index in [0.29, 0.717) is 13.1 Å². The number of rotatable bonds is 0. The highest BCUT2D eigenvalue weighted by molar-refractivity contribution is 4.66. The lowest BCUT2D eigenvalue weighted by molar-refractivity contribution is -0.188. The van der Waals surface area contributed by atoms with E-state index in [9.17, 15) is 0 Å². The third kappa shape index (κ3) is 4.35. The number of ether oxygens (including phenoxy) is 1. The molecule has 0 amide bonds. The smallest absolute Gasteiger partial charge is 0.0701 e. The van der Waals surface area contributed by atoms with Crippen LogP contribution in [0.25, 0.3) is 0 Å². The quantitative estimate of drug-likeness (QED) is 0.584. The molecule has 0 aromatic rings. The zero-order valence-electron chi connectivity index (χ0n) is 7.87. The molecular formula is C8H19NO2. The summed E-state index contributed by atoms with van der Waals surface area (Å²) in [6, 6.07) is 0. The molecule has 68 valence electrons. The molecule has 2 atom stereocenters. The van der Waals surface area contributed by atoms with Crippen LogP contribution in [0.15, 0.2) is 0 Å². The first-order chi connectivity index (χ1) is 5.18. The van der Waals surface area contributed by atoms with Gasteiger partial charge in [-0.15, -0.1) is 0 Å². The van der Waals surface area contributed by atoms with E-state index < -0.39 is 0 Å². The van der Waals surface area contributed by atoms with Crippen molar-refractivity contribution in [2.24, 2.45) is 0 Å². The largest absolute Gasteiger partial charge is 0.373 e. The summed E-state index contributed by atoms with van der Waals surface area (Å²) in [5, 5.41) is 10.3. The molecule has 0 saturated carbocycles. The van der Waals surface area contributed by atoms with E-state index in [-0.39, 0.29) is 12.2 Å². The minimum absolute atomic E-state index is 0.166. The normalized spacial score (nSPS) is 32.5. The first kappa shape index (κ1) is 10.9. The van der Waals surface area contributed by atoms with Gasteiger partial charge in [0.1, 0.15) is 0 Å². The molecule has 3 nitrogen and oxygen atoms in total. The second kappa shape index (κ2) is 5.52. The lowest BCUT2D eigenvalue weighted by Crippen LogP contribution is -2.43. The molecular weight excluding hydrogens is 142 g/mol. The predicted molar refractivity (Wildman–Crippen MR) is 44.7 cm³/mol. The van der Waals surface area contributed by atoms with Crippen molar-refractivity contribution in [3.8, 4) is 0 Å². The standard InChI is InChI=1S/C6H13NO2.C2H6/c1-5-3-7(8)4-6(2)9-5;1-2/h5-6,8H,3-4H2,1-2H3;1-2H3. The Morgan fingerprint density at radius 1 is 1.18 bits per heavy atom. The molecule has 11 heavy (non-hydrogen) atoms. The van der Waals surface area contributed by atoms with Gasteiger partial charge in [-0.2, -0.15) is 5.06 Å². The average Bonchev–Trinajstić information content (AvgIpc) is 1.88. The summed E-state index contributed by atoms with van der Waals surface area (Å²) in [5.41, 5.74) is 0. The lowest BCUT2D eigenvalue weighted by Gasteiger charge is -2.30. The average molecular weight is 161 g/mol. The summed E-state index contributed by atoms with van der Waals surface area (Å²) in [6.45, 7) is 9.17. The van der Waals surface area contributed by atoms with Crippen molar-refractivity contribution in [2.75, 3.05) is 13.1 Å². The van der Waals surface area contributed by atoms with Gasteiger partial charge in [0.25, 0.3) is 0 Å². The zero-order chi connectivity index (χ0) is 8.85. The molecule has 3 heteroatoms. The summed E-state index contributed by atoms with van der Waals surface area (Å²) < 4.78 is 5.35. The minimum atomic E-state index is 0.166. The maximum absolute atomic E-state index is 9.00. The maximum atomic E-state index is 9.00. The van der Waals surface area contributed by atoms with Gasteiger partial charge < -0.3 is 9.94 Å². The highest BCUT2D eigenvalue weighted by Crippen LogP contribution is 2.07. The number of hydrogen-bond donors (Lipinski definition) is 1. The van der Waals surface area contributed by atoms with E-state index in [1.54, 1.807) is 0 Å². The van der Waals surface area contributed by atoms with Crippen LogP contribution in [0.1, 0.15) is 27.7 Å². The van der Waals surface area contributed by atoms with Gasteiger partial charge in [0, 0.05) is 13.1 Å². The molecule has 1 aliphatic heterocycles. The Morgan fingerprint density at radius 3 is 1.82 bits per heavy atom. The fourth-order valence-corrected chi connectivity index (χ4v) is 1.15. The molecule has 0 aromatic carbocycles. The highest BCUT2D eigenvalue weighted by Gasteiger charge is 2.19. The minimum Gasteiger partial charge on any atom is -0.373 e. The van der Waals surface area contributed by atoms with Crippen LogP contribution in [0.2, 0.25) is 0 Å². The summed E-state index contributed by atoms with van der Waals surface area (Å²) >= 11 is 0. The highest BCUT2D eigenvalue weighted by atomic mass is 16.5. The van der Waals surface area contributed by atoms with E-state index in [1.165, 1.54) is 5.06 Å². The van der Waals surface area contributed by atoms with Crippen molar-refractivity contribution in [2.45, 2.75) is 39.9 Å². The lowest BCUT2D eigenvalue weighted by atomic mass is 10.3. The van der Waals surface area contributed by atoms with Crippen LogP contribution in [0.5, 0.6) is 0 Å². The van der Waals surface area contributed by atoms with Crippen molar-refractivity contribution in [3.05, 3.63) is 0 Å². The van der Waals surface area contributed by atoms with Gasteiger partial charge in [0.2, 0.25) is 0 Å². The SMILES string of the molecule is CC.CC1CN(O)CC(C)O1. The van der Waals surface area contributed by atoms with Crippen LogP contribution in [0, 0.1) is 0 Å². The first-order valence-corrected chi connectivity index (χ1v) is 4.28. The molecule has 0 aliphatic carbocycles. The maximum Gasteiger partial charge on any atom is 0.0701 e. The van der Waals surface area contributed by atoms with Gasteiger partial charge in [-0.3, -0.25) is 0 Å². The zero-order valence-corrected chi connectivity index (χ0v) is 7.87. The van der Waals surface area contributed by atoms with Crippen LogP contribution in [-0.4, -0.2) is 35.6 Å². The Balaban J connectivity index is 0.000000461. The molecule has 1 heterocycles. The van der Waals surface area contributed by atoms with E-state index in [1.807, 2.05) is 27.7 Å². The van der Waals surface area contributed by atoms with Gasteiger partial charge in [0.15, 0.2) is 0 Å². The van der Waals surface area contributed by atoms with E-state index in [2.05, 4.69) is 0 Å². The van der Waals surface area contributed by atoms with Crippen molar-refractivity contribution >= 4 is 0 Å². The monoisotopic (exact) mass is 161 g/mol. The van der Waals surface area contributed by atoms with E-state index in [4.69, 9.17) is 9.94 Å². The third-order valence-corrected chi connectivity index (χ3v) is 1.40. The van der Waals surface area contributed by atoms with Crippen LogP contribution in [0.4, 0.5) is 0 Å². The van der Waals surface area contributed by atoms with Crippen molar-refractivity contribution in [1.82, 2.24) is 5.06 Å². The molecule has 1 rings (SSSR count). The molecule has 0 radical (unpaired) electrons.